The van der Waals surface area contributed by atoms with E-state index in [1.54, 1.807) is 0 Å². The topological polar surface area (TPSA) is 73.8 Å². The minimum atomic E-state index is -0.105. The summed E-state index contributed by atoms with van der Waals surface area (Å²) in [6.45, 7) is 4.52. The number of fused-ring (bicyclic) bond motifs is 6. The zero-order valence-corrected chi connectivity index (χ0v) is 18.5. The number of imide groups is 1. The van der Waals surface area contributed by atoms with Gasteiger partial charge in [0.2, 0.25) is 11.8 Å². The number of allylic oxidation sites excluding steroid dienone is 2. The van der Waals surface area contributed by atoms with Crippen LogP contribution >= 0.6 is 0 Å². The molecule has 0 spiro atoms. The van der Waals surface area contributed by atoms with Crippen LogP contribution in [0.2, 0.25) is 0 Å². The van der Waals surface area contributed by atoms with E-state index < -0.39 is 0 Å². The van der Waals surface area contributed by atoms with Crippen molar-refractivity contribution in [3.8, 4) is 0 Å². The van der Waals surface area contributed by atoms with E-state index >= 15 is 0 Å². The second-order valence-corrected chi connectivity index (χ2v) is 8.98. The monoisotopic (exact) mass is 430 g/mol. The molecule has 2 aliphatic carbocycles. The van der Waals surface area contributed by atoms with Crippen molar-refractivity contribution in [1.29, 1.82) is 0 Å². The smallest absolute Gasteiger partial charge is 0.233 e. The van der Waals surface area contributed by atoms with Gasteiger partial charge >= 0.3 is 0 Å². The Balaban J connectivity index is 1.14. The lowest BCUT2D eigenvalue weighted by Gasteiger charge is -2.18. The molecule has 1 saturated heterocycles. The van der Waals surface area contributed by atoms with Gasteiger partial charge in [-0.15, -0.1) is 0 Å². The van der Waals surface area contributed by atoms with Crippen molar-refractivity contribution in [2.45, 2.75) is 26.3 Å². The first-order chi connectivity index (χ1) is 15.7. The molecule has 32 heavy (non-hydrogen) atoms. The number of benzene rings is 2. The number of hydrogen-bond acceptors (Lipinski definition) is 3. The summed E-state index contributed by atoms with van der Waals surface area (Å²) in [7, 11) is 0. The number of nitrogens with one attached hydrogen (secondary N) is 2. The molecule has 1 aliphatic heterocycles. The molecule has 6 heteroatoms. The highest BCUT2D eigenvalue weighted by atomic mass is 16.2. The predicted molar refractivity (Wildman–Crippen MR) is 126 cm³/mol. The van der Waals surface area contributed by atoms with Gasteiger partial charge in [0.25, 0.3) is 0 Å². The number of nitrogens with zero attached hydrogens (tertiary/aromatic N) is 2. The minimum Gasteiger partial charge on any atom is -0.357 e. The highest BCUT2D eigenvalue weighted by Crippen LogP contribution is 2.52. The van der Waals surface area contributed by atoms with Gasteiger partial charge in [-0.1, -0.05) is 48.6 Å². The van der Waals surface area contributed by atoms with Crippen LogP contribution in [-0.2, 0) is 16.1 Å². The molecule has 3 aliphatic rings. The summed E-state index contributed by atoms with van der Waals surface area (Å²) < 4.78 is 0. The molecule has 2 aromatic carbocycles. The maximum Gasteiger partial charge on any atom is 0.233 e. The van der Waals surface area contributed by atoms with Crippen molar-refractivity contribution in [2.75, 3.05) is 19.6 Å². The van der Waals surface area contributed by atoms with E-state index in [1.165, 1.54) is 15.7 Å². The van der Waals surface area contributed by atoms with Gasteiger partial charge in [-0.25, -0.2) is 4.99 Å². The van der Waals surface area contributed by atoms with Crippen LogP contribution in [0, 0.1) is 23.7 Å². The molecule has 2 fully saturated rings. The lowest BCUT2D eigenvalue weighted by molar-refractivity contribution is -0.140. The lowest BCUT2D eigenvalue weighted by Crippen LogP contribution is -2.40. The van der Waals surface area contributed by atoms with E-state index in [1.807, 2.05) is 19.1 Å². The summed E-state index contributed by atoms with van der Waals surface area (Å²) in [5.41, 5.74) is 1.16. The van der Waals surface area contributed by atoms with Crippen LogP contribution in [0.1, 0.15) is 25.3 Å². The Bertz CT molecular complexity index is 1060. The molecule has 166 valence electrons. The molecule has 0 radical (unpaired) electrons. The van der Waals surface area contributed by atoms with Crippen LogP contribution in [0.15, 0.2) is 59.6 Å². The number of rotatable bonds is 7. The van der Waals surface area contributed by atoms with Crippen molar-refractivity contribution < 1.29 is 9.59 Å². The van der Waals surface area contributed by atoms with Crippen molar-refractivity contribution in [3.05, 3.63) is 60.2 Å². The Kier molecular flexibility index (Phi) is 5.68. The average Bonchev–Trinajstić information content (AvgIpc) is 3.49. The van der Waals surface area contributed by atoms with Crippen molar-refractivity contribution in [1.82, 2.24) is 15.5 Å². The van der Waals surface area contributed by atoms with Gasteiger partial charge in [0.15, 0.2) is 5.96 Å². The largest absolute Gasteiger partial charge is 0.357 e. The van der Waals surface area contributed by atoms with Crippen LogP contribution in [0.3, 0.4) is 0 Å². The SMILES string of the molecule is CCNC(=NCc1ccc2ccccc2c1)NCCCN1C(=O)C2C3C=CC(C3)C2C1=O. The maximum absolute atomic E-state index is 12.8. The van der Waals surface area contributed by atoms with Gasteiger partial charge in [0.05, 0.1) is 18.4 Å². The molecule has 1 heterocycles. The fourth-order valence-electron chi connectivity index (χ4n) is 5.48. The van der Waals surface area contributed by atoms with Gasteiger partial charge in [-0.2, -0.15) is 0 Å². The van der Waals surface area contributed by atoms with E-state index in [0.717, 1.165) is 24.5 Å². The first-order valence-corrected chi connectivity index (χ1v) is 11.7. The minimum absolute atomic E-state index is 0.0359. The zero-order chi connectivity index (χ0) is 22.1. The number of carbonyl (C=O) groups is 2. The van der Waals surface area contributed by atoms with Crippen LogP contribution in [0.25, 0.3) is 10.8 Å². The fraction of sp³-hybridized carbons (Fsp3) is 0.423. The number of hydrogen-bond donors (Lipinski definition) is 2. The summed E-state index contributed by atoms with van der Waals surface area (Å²) in [6, 6.07) is 14.7. The third kappa shape index (κ3) is 3.78. The molecule has 4 atom stereocenters. The number of aliphatic imine (C=N–C) groups is 1. The molecule has 5 rings (SSSR count). The molecule has 6 nitrogen and oxygen atoms in total. The Labute approximate surface area is 188 Å². The number of guanidine groups is 1. The standard InChI is InChI=1S/C26H30N4O2/c1-2-27-26(29-16-17-8-9-18-6-3-4-7-19(18)14-17)28-12-5-13-30-24(31)22-20-10-11-21(15-20)23(22)25(30)32/h3-4,6-11,14,20-23H,2,5,12-13,15-16H2,1H3,(H2,27,28,29). The summed E-state index contributed by atoms with van der Waals surface area (Å²) in [6.07, 6.45) is 5.95. The Morgan fingerprint density at radius 2 is 1.72 bits per heavy atom. The van der Waals surface area contributed by atoms with Gasteiger partial charge in [-0.05, 0) is 54.0 Å². The molecular weight excluding hydrogens is 400 g/mol. The Morgan fingerprint density at radius 3 is 2.44 bits per heavy atom. The summed E-state index contributed by atoms with van der Waals surface area (Å²) in [5, 5.41) is 9.05. The Hall–Kier alpha value is -3.15. The third-order valence-electron chi connectivity index (χ3n) is 6.99. The summed E-state index contributed by atoms with van der Waals surface area (Å²) in [4.78, 5) is 31.8. The molecular formula is C26H30N4O2. The Morgan fingerprint density at radius 1 is 1.00 bits per heavy atom. The first kappa shape index (κ1) is 20.7. The van der Waals surface area contributed by atoms with Crippen LogP contribution in [0.4, 0.5) is 0 Å². The third-order valence-corrected chi connectivity index (χ3v) is 6.99. The van der Waals surface area contributed by atoms with E-state index in [9.17, 15) is 9.59 Å². The summed E-state index contributed by atoms with van der Waals surface area (Å²) >= 11 is 0. The summed E-state index contributed by atoms with van der Waals surface area (Å²) in [5.74, 6) is 1.15. The average molecular weight is 431 g/mol. The maximum atomic E-state index is 12.8. The van der Waals surface area contributed by atoms with Gasteiger partial charge < -0.3 is 10.6 Å². The van der Waals surface area contributed by atoms with Crippen LogP contribution in [0.5, 0.6) is 0 Å². The van der Waals surface area contributed by atoms with E-state index in [0.29, 0.717) is 26.1 Å². The van der Waals surface area contributed by atoms with E-state index in [4.69, 9.17) is 4.99 Å². The normalized spacial score (nSPS) is 26.3. The van der Waals surface area contributed by atoms with Gasteiger partial charge in [0.1, 0.15) is 0 Å². The van der Waals surface area contributed by atoms with Crippen molar-refractivity contribution >= 4 is 28.5 Å². The molecule has 2 bridgehead atoms. The highest BCUT2D eigenvalue weighted by Gasteiger charge is 2.58. The van der Waals surface area contributed by atoms with Crippen molar-refractivity contribution in [3.63, 3.8) is 0 Å². The van der Waals surface area contributed by atoms with Crippen LogP contribution in [-0.4, -0.2) is 42.3 Å². The second kappa shape index (κ2) is 8.77. The molecule has 4 unspecified atom stereocenters. The number of amides is 2. The number of carbonyl (C=O) groups excluding carboxylic acids is 2. The van der Waals surface area contributed by atoms with Gasteiger partial charge in [0, 0.05) is 19.6 Å². The van der Waals surface area contributed by atoms with Gasteiger partial charge in [-0.3, -0.25) is 14.5 Å². The predicted octanol–water partition coefficient (Wildman–Crippen LogP) is 3.09. The molecule has 0 aromatic heterocycles. The molecule has 2 N–H and O–H groups in total. The molecule has 2 aromatic rings. The quantitative estimate of drug-likeness (QED) is 0.233. The number of likely N-dealkylation sites (tertiary alicyclic amines) is 1. The van der Waals surface area contributed by atoms with E-state index in [-0.39, 0.29) is 35.5 Å². The lowest BCUT2D eigenvalue weighted by atomic mass is 9.85. The first-order valence-electron chi connectivity index (χ1n) is 11.7. The molecule has 1 saturated carbocycles. The molecule has 2 amide bonds. The zero-order valence-electron chi connectivity index (χ0n) is 18.5. The second-order valence-electron chi connectivity index (χ2n) is 8.98. The highest BCUT2D eigenvalue weighted by molar-refractivity contribution is 6.06. The van der Waals surface area contributed by atoms with Crippen molar-refractivity contribution in [2.24, 2.45) is 28.7 Å². The van der Waals surface area contributed by atoms with E-state index in [2.05, 4.69) is 53.1 Å². The fourth-order valence-corrected chi connectivity index (χ4v) is 5.48. The van der Waals surface area contributed by atoms with Crippen LogP contribution < -0.4 is 10.6 Å².